The molecule has 2 N–H and O–H groups in total. The van der Waals surface area contributed by atoms with Crippen molar-refractivity contribution in [3.63, 3.8) is 0 Å². The van der Waals surface area contributed by atoms with Crippen LogP contribution in [0.5, 0.6) is 0 Å². The minimum Gasteiger partial charge on any atom is -0.480 e. The van der Waals surface area contributed by atoms with Crippen molar-refractivity contribution in [2.24, 2.45) is 0 Å². The highest BCUT2D eigenvalue weighted by Gasteiger charge is 2.63. The Morgan fingerprint density at radius 3 is 2.58 bits per heavy atom. The summed E-state index contributed by atoms with van der Waals surface area (Å²) in [7, 11) is -2.65. The highest BCUT2D eigenvalue weighted by molar-refractivity contribution is 7.91. The average Bonchev–Trinajstić information content (AvgIpc) is 3.22. The third-order valence-electron chi connectivity index (χ3n) is 6.22. The Morgan fingerprint density at radius 1 is 1.23 bits per heavy atom. The van der Waals surface area contributed by atoms with Crippen LogP contribution in [0.2, 0.25) is 0 Å². The number of hydrogen-bond acceptors (Lipinski definition) is 5. The number of rotatable bonds is 7. The second kappa shape index (κ2) is 8.27. The molecule has 1 heterocycles. The predicted molar refractivity (Wildman–Crippen MR) is 119 cm³/mol. The molecule has 166 valence electrons. The van der Waals surface area contributed by atoms with E-state index < -0.39 is 27.4 Å². The summed E-state index contributed by atoms with van der Waals surface area (Å²) in [5, 5.41) is 10.0. The number of carbonyl (C=O) groups is 1. The maximum atomic E-state index is 13.0. The van der Waals surface area contributed by atoms with Crippen LogP contribution in [-0.2, 0) is 14.8 Å². The van der Waals surface area contributed by atoms with Gasteiger partial charge in [0.2, 0.25) is 0 Å². The van der Waals surface area contributed by atoms with E-state index in [1.807, 2.05) is 6.07 Å². The van der Waals surface area contributed by atoms with Crippen LogP contribution in [0.4, 0.5) is 5.69 Å². The van der Waals surface area contributed by atoms with E-state index in [4.69, 9.17) is 11.6 Å². The van der Waals surface area contributed by atoms with Crippen LogP contribution in [0.15, 0.2) is 40.6 Å². The Hall–Kier alpha value is -1.81. The maximum Gasteiger partial charge on any atom is 0.325 e. The summed E-state index contributed by atoms with van der Waals surface area (Å²) in [6.07, 6.45) is 3.80. The van der Waals surface area contributed by atoms with Gasteiger partial charge in [-0.1, -0.05) is 12.1 Å². The summed E-state index contributed by atoms with van der Waals surface area (Å²) in [5.41, 5.74) is -0.601. The van der Waals surface area contributed by atoms with Crippen molar-refractivity contribution >= 4 is 44.6 Å². The maximum absolute atomic E-state index is 13.0. The number of halogens is 1. The van der Waals surface area contributed by atoms with Crippen molar-refractivity contribution in [2.45, 2.75) is 59.1 Å². The first-order valence-corrected chi connectivity index (χ1v) is 12.9. The fourth-order valence-corrected chi connectivity index (χ4v) is 7.47. The number of thiophene rings is 1. The van der Waals surface area contributed by atoms with Gasteiger partial charge in [-0.2, -0.15) is 4.72 Å². The Morgan fingerprint density at radius 2 is 1.94 bits per heavy atom. The molecule has 0 radical (unpaired) electrons. The van der Waals surface area contributed by atoms with Gasteiger partial charge in [-0.25, -0.2) is 8.42 Å². The van der Waals surface area contributed by atoms with Gasteiger partial charge in [0.05, 0.1) is 0 Å². The normalized spacial score (nSPS) is 28.3. The molecule has 4 rings (SSSR count). The molecule has 10 heteroatoms. The first-order chi connectivity index (χ1) is 14.6. The molecule has 2 aliphatic rings. The summed E-state index contributed by atoms with van der Waals surface area (Å²) < 4.78 is 29.4. The minimum atomic E-state index is -4.01. The first-order valence-electron chi connectivity index (χ1n) is 10.1. The fourth-order valence-electron chi connectivity index (χ4n) is 4.32. The number of benzene rings is 1. The lowest BCUT2D eigenvalue weighted by molar-refractivity contribution is -0.428. The summed E-state index contributed by atoms with van der Waals surface area (Å²) in [6.45, 7) is 0. The molecule has 0 saturated heterocycles. The molecule has 1 aromatic heterocycles. The van der Waals surface area contributed by atoms with Crippen LogP contribution >= 0.6 is 22.9 Å². The minimum absolute atomic E-state index is 0.120. The van der Waals surface area contributed by atoms with E-state index in [-0.39, 0.29) is 21.9 Å². The Labute approximate surface area is 190 Å². The van der Waals surface area contributed by atoms with Gasteiger partial charge < -0.3 is 5.11 Å². The number of nitrogens with zero attached hydrogens (tertiary/aromatic N) is 1. The molecular formula is C21H24ClN2O5S2+. The van der Waals surface area contributed by atoms with Crippen LogP contribution in [-0.4, -0.2) is 42.2 Å². The quantitative estimate of drug-likeness (QED) is 0.450. The lowest BCUT2D eigenvalue weighted by Crippen LogP contribution is -2.44. The van der Waals surface area contributed by atoms with Crippen molar-refractivity contribution in [3.8, 4) is 0 Å². The monoisotopic (exact) mass is 483 g/mol. The first kappa shape index (κ1) is 22.4. The van der Waals surface area contributed by atoms with Gasteiger partial charge in [0.1, 0.15) is 9.75 Å². The zero-order valence-electron chi connectivity index (χ0n) is 17.0. The number of aliphatic carboxylic acids is 1. The molecule has 1 aromatic carbocycles. The van der Waals surface area contributed by atoms with E-state index in [2.05, 4.69) is 4.72 Å². The summed E-state index contributed by atoms with van der Waals surface area (Å²) in [5.74, 6) is -1.48. The Balaban J connectivity index is 1.55. The third kappa shape index (κ3) is 4.41. The standard InChI is InChI=1S/C21H23ClN2O5S2/c1-24(27)16-4-2-3-14(11-16)17-12-21(17,20(25)26)23-31(28,29)19-10-9-18(30-19)13-5-7-15(22)8-6-13/h2-4,9-11,13,15,17,23H,5-8,12H2,1H3/p+1. The lowest BCUT2D eigenvalue weighted by atomic mass is 9.88. The van der Waals surface area contributed by atoms with Crippen molar-refractivity contribution < 1.29 is 23.1 Å². The summed E-state index contributed by atoms with van der Waals surface area (Å²) in [6, 6.07) is 9.98. The van der Waals surface area contributed by atoms with E-state index in [1.54, 1.807) is 30.3 Å². The van der Waals surface area contributed by atoms with Crippen molar-refractivity contribution in [3.05, 3.63) is 51.7 Å². The molecule has 2 atom stereocenters. The molecule has 2 saturated carbocycles. The van der Waals surface area contributed by atoms with Gasteiger partial charge in [0, 0.05) is 38.0 Å². The molecular weight excluding hydrogens is 460 g/mol. The van der Waals surface area contributed by atoms with Crippen molar-refractivity contribution in [1.29, 1.82) is 0 Å². The van der Waals surface area contributed by atoms with Crippen molar-refractivity contribution in [2.75, 3.05) is 7.05 Å². The predicted octanol–water partition coefficient (Wildman–Crippen LogP) is 4.34. The van der Waals surface area contributed by atoms with Crippen LogP contribution in [0.25, 0.3) is 0 Å². The van der Waals surface area contributed by atoms with Crippen molar-refractivity contribution in [1.82, 2.24) is 4.72 Å². The number of sulfonamides is 1. The number of alkyl halides is 1. The second-order valence-electron chi connectivity index (χ2n) is 8.34. The average molecular weight is 484 g/mol. The van der Waals surface area contributed by atoms with Gasteiger partial charge in [-0.05, 0) is 55.7 Å². The fraction of sp³-hybridized carbons (Fsp3) is 0.476. The largest absolute Gasteiger partial charge is 0.480 e. The van der Waals surface area contributed by atoms with Crippen LogP contribution in [0.3, 0.4) is 0 Å². The number of carboxylic acids is 1. The zero-order chi connectivity index (χ0) is 22.4. The van der Waals surface area contributed by atoms with Gasteiger partial charge in [0.25, 0.3) is 15.7 Å². The molecule has 0 spiro atoms. The van der Waals surface area contributed by atoms with E-state index >= 15 is 0 Å². The molecule has 31 heavy (non-hydrogen) atoms. The van der Waals surface area contributed by atoms with Gasteiger partial charge >= 0.3 is 5.97 Å². The summed E-state index contributed by atoms with van der Waals surface area (Å²) in [4.78, 5) is 24.6. The molecule has 7 nitrogen and oxygen atoms in total. The third-order valence-corrected chi connectivity index (χ3v) is 9.91. The number of carboxylic acid groups (broad SMARTS) is 1. The van der Waals surface area contributed by atoms with Crippen LogP contribution in [0, 0.1) is 4.91 Å². The van der Waals surface area contributed by atoms with E-state index in [0.717, 1.165) is 30.6 Å². The van der Waals surface area contributed by atoms with Gasteiger partial charge in [-0.15, -0.1) is 22.9 Å². The Bertz CT molecular complexity index is 1120. The van der Waals surface area contributed by atoms with Gasteiger partial charge in [0.15, 0.2) is 7.05 Å². The molecule has 2 aromatic rings. The van der Waals surface area contributed by atoms with E-state index in [9.17, 15) is 23.2 Å². The molecule has 0 aliphatic heterocycles. The summed E-state index contributed by atoms with van der Waals surface area (Å²) >= 11 is 7.37. The smallest absolute Gasteiger partial charge is 0.325 e. The molecule has 0 bridgehead atoms. The lowest BCUT2D eigenvalue weighted by Gasteiger charge is -2.23. The number of hydrogen-bond donors (Lipinski definition) is 2. The Kier molecular flexibility index (Phi) is 5.97. The van der Waals surface area contributed by atoms with Crippen LogP contribution in [0.1, 0.15) is 54.4 Å². The molecule has 2 fully saturated rings. The highest BCUT2D eigenvalue weighted by Crippen LogP contribution is 2.53. The number of nitrogens with one attached hydrogen (secondary N) is 1. The second-order valence-corrected chi connectivity index (χ2v) is 12.0. The van der Waals surface area contributed by atoms with E-state index in [0.29, 0.717) is 16.0 Å². The van der Waals surface area contributed by atoms with E-state index in [1.165, 1.54) is 18.4 Å². The number of nitroso groups, excluding NO2 is 1. The molecule has 2 aliphatic carbocycles. The van der Waals surface area contributed by atoms with Crippen LogP contribution < -0.4 is 4.72 Å². The zero-order valence-corrected chi connectivity index (χ0v) is 19.3. The molecule has 0 amide bonds. The SMILES string of the molecule is C[N+](=O)c1cccc(C2CC2(NS(=O)(=O)c2ccc(C3CCC(Cl)CC3)s2)C(=O)O)c1. The topological polar surface area (TPSA) is 104 Å². The highest BCUT2D eigenvalue weighted by atomic mass is 35.5. The molecule has 2 unspecified atom stereocenters. The van der Waals surface area contributed by atoms with Gasteiger partial charge in [-0.3, -0.25) is 4.79 Å².